The number of aromatic nitrogens is 4. The second kappa shape index (κ2) is 6.66. The molecule has 5 nitrogen and oxygen atoms in total. The first-order valence-electron chi connectivity index (χ1n) is 7.58. The summed E-state index contributed by atoms with van der Waals surface area (Å²) in [6.07, 6.45) is -3.74. The van der Waals surface area contributed by atoms with Gasteiger partial charge in [-0.25, -0.2) is 14.1 Å². The maximum absolute atomic E-state index is 13.0. The fraction of sp³-hybridized carbons (Fsp3) is 0.176. The first kappa shape index (κ1) is 17.7. The molecule has 0 aliphatic carbocycles. The Morgan fingerprint density at radius 3 is 2.46 bits per heavy atom. The average molecular weight is 364 g/mol. The summed E-state index contributed by atoms with van der Waals surface area (Å²) in [7, 11) is 0. The number of alkyl halides is 3. The Labute approximate surface area is 145 Å². The minimum atomic E-state index is -4.66. The van der Waals surface area contributed by atoms with E-state index in [2.05, 4.69) is 15.1 Å². The summed E-state index contributed by atoms with van der Waals surface area (Å²) in [5, 5.41) is 4.17. The van der Waals surface area contributed by atoms with Crippen molar-refractivity contribution in [3.8, 4) is 11.4 Å². The number of rotatable bonds is 4. The van der Waals surface area contributed by atoms with Crippen molar-refractivity contribution in [2.45, 2.75) is 19.6 Å². The summed E-state index contributed by atoms with van der Waals surface area (Å²) in [6.45, 7) is 2.00. The van der Waals surface area contributed by atoms with E-state index in [-0.39, 0.29) is 23.8 Å². The molecule has 0 amide bonds. The van der Waals surface area contributed by atoms with Gasteiger partial charge in [0.1, 0.15) is 11.5 Å². The van der Waals surface area contributed by atoms with Gasteiger partial charge in [-0.2, -0.15) is 18.3 Å². The molecule has 0 unspecified atom stereocenters. The van der Waals surface area contributed by atoms with Gasteiger partial charge in [-0.3, -0.25) is 9.78 Å². The molecule has 3 aromatic rings. The van der Waals surface area contributed by atoms with Crippen LogP contribution in [0.25, 0.3) is 11.4 Å². The molecule has 0 atom stereocenters. The number of carbonyl (C=O) groups excluding carboxylic acids is 1. The Morgan fingerprint density at radius 1 is 1.15 bits per heavy atom. The number of hydrogen-bond donors (Lipinski definition) is 0. The molecule has 26 heavy (non-hydrogen) atoms. The van der Waals surface area contributed by atoms with Gasteiger partial charge in [-0.1, -0.05) is 0 Å². The summed E-state index contributed by atoms with van der Waals surface area (Å²) in [6, 6.07) is 7.21. The number of hydrogen-bond acceptors (Lipinski definition) is 4. The van der Waals surface area contributed by atoms with Gasteiger partial charge in [0.25, 0.3) is 0 Å². The summed E-state index contributed by atoms with van der Waals surface area (Å²) >= 11 is 0. The number of benzene rings is 1. The molecule has 0 aliphatic heterocycles. The van der Waals surface area contributed by atoms with Gasteiger partial charge < -0.3 is 0 Å². The normalized spacial score (nSPS) is 11.6. The summed E-state index contributed by atoms with van der Waals surface area (Å²) in [5.41, 5.74) is -0.872. The molecule has 2 aromatic heterocycles. The van der Waals surface area contributed by atoms with Crippen molar-refractivity contribution in [1.82, 2.24) is 19.7 Å². The number of carbonyl (C=O) groups is 1. The van der Waals surface area contributed by atoms with Crippen molar-refractivity contribution < 1.29 is 22.4 Å². The van der Waals surface area contributed by atoms with Crippen LogP contribution in [0.2, 0.25) is 0 Å². The van der Waals surface area contributed by atoms with Crippen LogP contribution in [0.15, 0.2) is 42.6 Å². The second-order valence-electron chi connectivity index (χ2n) is 5.34. The Bertz CT molecular complexity index is 948. The second-order valence-corrected chi connectivity index (χ2v) is 5.34. The standard InChI is InChI=1S/C17H12F4N4O/c1-2-25-16(23-15(24-25)10-3-5-12(18)6-4-10)14(26)11-7-8-22-13(9-11)17(19,20)21/h3-9H,2H2,1H3. The highest BCUT2D eigenvalue weighted by molar-refractivity contribution is 6.06. The summed E-state index contributed by atoms with van der Waals surface area (Å²) in [5.74, 6) is -1.07. The zero-order chi connectivity index (χ0) is 18.9. The largest absolute Gasteiger partial charge is 0.433 e. The van der Waals surface area contributed by atoms with Crippen LogP contribution in [0.4, 0.5) is 17.6 Å². The van der Waals surface area contributed by atoms with Crippen LogP contribution < -0.4 is 0 Å². The molecule has 0 aliphatic rings. The minimum Gasteiger partial charge on any atom is -0.285 e. The number of aryl methyl sites for hydroxylation is 1. The van der Waals surface area contributed by atoms with Crippen molar-refractivity contribution in [1.29, 1.82) is 0 Å². The number of ketones is 1. The van der Waals surface area contributed by atoms with Gasteiger partial charge in [-0.05, 0) is 43.3 Å². The van der Waals surface area contributed by atoms with E-state index >= 15 is 0 Å². The van der Waals surface area contributed by atoms with Crippen molar-refractivity contribution >= 4 is 5.78 Å². The van der Waals surface area contributed by atoms with Crippen molar-refractivity contribution in [3.05, 3.63) is 65.5 Å². The first-order valence-corrected chi connectivity index (χ1v) is 7.58. The lowest BCUT2D eigenvalue weighted by Gasteiger charge is -2.07. The molecule has 3 rings (SSSR count). The van der Waals surface area contributed by atoms with E-state index in [0.717, 1.165) is 6.20 Å². The fourth-order valence-corrected chi connectivity index (χ4v) is 2.31. The van der Waals surface area contributed by atoms with E-state index in [9.17, 15) is 22.4 Å². The lowest BCUT2D eigenvalue weighted by atomic mass is 10.1. The highest BCUT2D eigenvalue weighted by atomic mass is 19.4. The predicted octanol–water partition coefficient (Wildman–Crippen LogP) is 3.75. The lowest BCUT2D eigenvalue weighted by Crippen LogP contribution is -2.14. The van der Waals surface area contributed by atoms with E-state index < -0.39 is 23.5 Å². The maximum Gasteiger partial charge on any atom is 0.433 e. The van der Waals surface area contributed by atoms with Crippen LogP contribution in [0.3, 0.4) is 0 Å². The van der Waals surface area contributed by atoms with Crippen molar-refractivity contribution in [3.63, 3.8) is 0 Å². The molecule has 2 heterocycles. The monoisotopic (exact) mass is 364 g/mol. The zero-order valence-corrected chi connectivity index (χ0v) is 13.5. The maximum atomic E-state index is 13.0. The van der Waals surface area contributed by atoms with Gasteiger partial charge in [0.2, 0.25) is 5.78 Å². The SMILES string of the molecule is CCn1nc(-c2ccc(F)cc2)nc1C(=O)c1ccnc(C(F)(F)F)c1. The van der Waals surface area contributed by atoms with Crippen LogP contribution in [-0.4, -0.2) is 25.5 Å². The van der Waals surface area contributed by atoms with Crippen LogP contribution >= 0.6 is 0 Å². The third-order valence-electron chi connectivity index (χ3n) is 3.59. The average Bonchev–Trinajstić information content (AvgIpc) is 3.05. The Kier molecular flexibility index (Phi) is 4.54. The number of pyridine rings is 1. The van der Waals surface area contributed by atoms with Gasteiger partial charge in [-0.15, -0.1) is 0 Å². The minimum absolute atomic E-state index is 0.105. The predicted molar refractivity (Wildman–Crippen MR) is 83.8 cm³/mol. The molecule has 0 saturated heterocycles. The fourth-order valence-electron chi connectivity index (χ4n) is 2.31. The summed E-state index contributed by atoms with van der Waals surface area (Å²) < 4.78 is 52.7. The molecule has 1 aromatic carbocycles. The molecule has 0 bridgehead atoms. The molecule has 0 saturated carbocycles. The summed E-state index contributed by atoms with van der Waals surface area (Å²) in [4.78, 5) is 20.0. The zero-order valence-electron chi connectivity index (χ0n) is 13.5. The van der Waals surface area contributed by atoms with Crippen molar-refractivity contribution in [2.75, 3.05) is 0 Å². The topological polar surface area (TPSA) is 60.7 Å². The van der Waals surface area contributed by atoms with Gasteiger partial charge >= 0.3 is 6.18 Å². The van der Waals surface area contributed by atoms with Gasteiger partial charge in [0, 0.05) is 23.9 Å². The molecule has 134 valence electrons. The van der Waals surface area contributed by atoms with Crippen molar-refractivity contribution in [2.24, 2.45) is 0 Å². The smallest absolute Gasteiger partial charge is 0.285 e. The van der Waals surface area contributed by atoms with E-state index in [4.69, 9.17) is 0 Å². The van der Waals surface area contributed by atoms with Crippen LogP contribution in [-0.2, 0) is 12.7 Å². The molecule has 0 radical (unpaired) electrons. The molecule has 0 spiro atoms. The van der Waals surface area contributed by atoms with Gasteiger partial charge in [0.05, 0.1) is 0 Å². The Morgan fingerprint density at radius 2 is 1.85 bits per heavy atom. The third kappa shape index (κ3) is 3.46. The number of halogens is 4. The number of nitrogens with zero attached hydrogens (tertiary/aromatic N) is 4. The molecule has 9 heteroatoms. The van der Waals surface area contributed by atoms with E-state index in [1.165, 1.54) is 35.0 Å². The van der Waals surface area contributed by atoms with Crippen LogP contribution in [0.5, 0.6) is 0 Å². The molecule has 0 N–H and O–H groups in total. The third-order valence-corrected chi connectivity index (χ3v) is 3.59. The Hall–Kier alpha value is -3.10. The highest BCUT2D eigenvalue weighted by Gasteiger charge is 2.33. The molecule has 0 fully saturated rings. The Balaban J connectivity index is 2.01. The first-order chi connectivity index (χ1) is 12.3. The van der Waals surface area contributed by atoms with E-state index in [0.29, 0.717) is 11.6 Å². The van der Waals surface area contributed by atoms with E-state index in [1.54, 1.807) is 6.92 Å². The van der Waals surface area contributed by atoms with Gasteiger partial charge in [0.15, 0.2) is 11.6 Å². The van der Waals surface area contributed by atoms with Crippen LogP contribution in [0.1, 0.15) is 28.8 Å². The lowest BCUT2D eigenvalue weighted by molar-refractivity contribution is -0.141. The quantitative estimate of drug-likeness (QED) is 0.523. The van der Waals surface area contributed by atoms with Crippen LogP contribution in [0, 0.1) is 5.82 Å². The highest BCUT2D eigenvalue weighted by Crippen LogP contribution is 2.28. The molecular weight excluding hydrogens is 352 g/mol. The van der Waals surface area contributed by atoms with E-state index in [1.807, 2.05) is 0 Å². The molecular formula is C17H12F4N4O.